The monoisotopic (exact) mass is 153 g/mol. The van der Waals surface area contributed by atoms with Gasteiger partial charge in [-0.2, -0.15) is 5.26 Å². The van der Waals surface area contributed by atoms with Crippen molar-refractivity contribution in [3.63, 3.8) is 0 Å². The van der Waals surface area contributed by atoms with Crippen molar-refractivity contribution in [2.24, 2.45) is 0 Å². The van der Waals surface area contributed by atoms with Gasteiger partial charge in [0, 0.05) is 0 Å². The molecule has 0 saturated carbocycles. The minimum absolute atomic E-state index is 0.116. The number of thiol groups is 1. The third-order valence-electron chi connectivity index (χ3n) is 1.11. The van der Waals surface area contributed by atoms with Gasteiger partial charge in [-0.15, -0.1) is 12.6 Å². The molecule has 0 spiro atoms. The molecule has 0 unspecified atom stereocenters. The molecule has 1 rings (SSSR count). The summed E-state index contributed by atoms with van der Waals surface area (Å²) in [5.74, 6) is -0.456. The first-order valence-electron chi connectivity index (χ1n) is 2.63. The van der Waals surface area contributed by atoms with Gasteiger partial charge in [0.1, 0.15) is 11.9 Å². The van der Waals surface area contributed by atoms with E-state index in [1.54, 1.807) is 0 Å². The summed E-state index contributed by atoms with van der Waals surface area (Å²) in [6.07, 6.45) is 0. The van der Waals surface area contributed by atoms with E-state index in [9.17, 15) is 4.39 Å². The Morgan fingerprint density at radius 1 is 1.50 bits per heavy atom. The lowest BCUT2D eigenvalue weighted by atomic mass is 10.2. The predicted octanol–water partition coefficient (Wildman–Crippen LogP) is 1.99. The minimum atomic E-state index is -0.456. The molecule has 0 fully saturated rings. The third kappa shape index (κ3) is 1.12. The van der Waals surface area contributed by atoms with Gasteiger partial charge in [-0.3, -0.25) is 0 Å². The lowest BCUT2D eigenvalue weighted by Gasteiger charge is -1.94. The Kier molecular flexibility index (Phi) is 1.93. The van der Waals surface area contributed by atoms with Gasteiger partial charge >= 0.3 is 0 Å². The quantitative estimate of drug-likeness (QED) is 0.566. The van der Waals surface area contributed by atoms with E-state index in [2.05, 4.69) is 12.6 Å². The Labute approximate surface area is 63.5 Å². The van der Waals surface area contributed by atoms with Crippen LogP contribution in [0, 0.1) is 17.1 Å². The standard InChI is InChI=1S/C7H4FNS/c8-6-3-1-2-5(4-9)7(6)10/h1-3,10H. The molecule has 0 atom stereocenters. The van der Waals surface area contributed by atoms with E-state index in [0.717, 1.165) is 0 Å². The molecule has 0 aliphatic carbocycles. The predicted molar refractivity (Wildman–Crippen MR) is 38.4 cm³/mol. The van der Waals surface area contributed by atoms with E-state index in [4.69, 9.17) is 5.26 Å². The fourth-order valence-corrected chi connectivity index (χ4v) is 0.805. The molecule has 1 nitrogen and oxygen atoms in total. The van der Waals surface area contributed by atoms with E-state index in [-0.39, 0.29) is 10.5 Å². The Bertz CT molecular complexity index is 290. The van der Waals surface area contributed by atoms with Crippen LogP contribution < -0.4 is 0 Å². The van der Waals surface area contributed by atoms with Crippen molar-refractivity contribution >= 4 is 12.6 Å². The van der Waals surface area contributed by atoms with Crippen LogP contribution in [0.15, 0.2) is 23.1 Å². The Hall–Kier alpha value is -1.01. The maximum absolute atomic E-state index is 12.5. The number of halogens is 1. The van der Waals surface area contributed by atoms with E-state index >= 15 is 0 Å². The molecule has 1 aromatic rings. The average molecular weight is 153 g/mol. The molecular formula is C7H4FNS. The van der Waals surface area contributed by atoms with Crippen LogP contribution in [-0.4, -0.2) is 0 Å². The molecule has 1 aromatic carbocycles. The maximum atomic E-state index is 12.5. The van der Waals surface area contributed by atoms with Crippen molar-refractivity contribution in [1.82, 2.24) is 0 Å². The van der Waals surface area contributed by atoms with E-state index in [0.29, 0.717) is 0 Å². The van der Waals surface area contributed by atoms with Gasteiger partial charge < -0.3 is 0 Å². The van der Waals surface area contributed by atoms with Gasteiger partial charge in [0.2, 0.25) is 0 Å². The summed E-state index contributed by atoms with van der Waals surface area (Å²) in [5, 5.41) is 8.38. The van der Waals surface area contributed by atoms with Crippen LogP contribution in [0.5, 0.6) is 0 Å². The molecule has 10 heavy (non-hydrogen) atoms. The zero-order valence-corrected chi connectivity index (χ0v) is 5.90. The van der Waals surface area contributed by atoms with Crippen LogP contribution >= 0.6 is 12.6 Å². The molecule has 0 radical (unpaired) electrons. The second kappa shape index (κ2) is 2.72. The van der Waals surface area contributed by atoms with Crippen molar-refractivity contribution < 1.29 is 4.39 Å². The Morgan fingerprint density at radius 3 is 2.70 bits per heavy atom. The highest BCUT2D eigenvalue weighted by Crippen LogP contribution is 2.15. The second-order valence-electron chi connectivity index (χ2n) is 1.75. The summed E-state index contributed by atoms with van der Waals surface area (Å²) < 4.78 is 12.5. The SMILES string of the molecule is N#Cc1cccc(F)c1S. The van der Waals surface area contributed by atoms with Crippen molar-refractivity contribution in [2.75, 3.05) is 0 Å². The van der Waals surface area contributed by atoms with Crippen LogP contribution in [0.4, 0.5) is 4.39 Å². The largest absolute Gasteiger partial charge is 0.206 e. The molecule has 0 aliphatic heterocycles. The van der Waals surface area contributed by atoms with Gasteiger partial charge in [-0.25, -0.2) is 4.39 Å². The Balaban J connectivity index is 3.31. The first kappa shape index (κ1) is 7.10. The number of nitriles is 1. The fraction of sp³-hybridized carbons (Fsp3) is 0. The third-order valence-corrected chi connectivity index (χ3v) is 1.56. The lowest BCUT2D eigenvalue weighted by molar-refractivity contribution is 0.601. The molecule has 0 bridgehead atoms. The zero-order chi connectivity index (χ0) is 7.56. The molecule has 3 heteroatoms. The molecule has 50 valence electrons. The first-order chi connectivity index (χ1) is 4.75. The van der Waals surface area contributed by atoms with Gasteiger partial charge in [0.05, 0.1) is 10.5 Å². The minimum Gasteiger partial charge on any atom is -0.206 e. The average Bonchev–Trinajstić information content (AvgIpc) is 1.95. The summed E-state index contributed by atoms with van der Waals surface area (Å²) >= 11 is 3.79. The topological polar surface area (TPSA) is 23.8 Å². The van der Waals surface area contributed by atoms with Crippen LogP contribution in [0.3, 0.4) is 0 Å². The van der Waals surface area contributed by atoms with Crippen LogP contribution in [0.1, 0.15) is 5.56 Å². The highest BCUT2D eigenvalue weighted by atomic mass is 32.1. The van der Waals surface area contributed by atoms with Crippen LogP contribution in [0.2, 0.25) is 0 Å². The molecule has 0 heterocycles. The number of benzene rings is 1. The van der Waals surface area contributed by atoms with Gasteiger partial charge in [0.25, 0.3) is 0 Å². The highest BCUT2D eigenvalue weighted by Gasteiger charge is 2.01. The summed E-state index contributed by atoms with van der Waals surface area (Å²) in [5.41, 5.74) is 0.267. The van der Waals surface area contributed by atoms with Gasteiger partial charge in [0.15, 0.2) is 0 Å². The molecule has 0 saturated heterocycles. The molecule has 0 aromatic heterocycles. The summed E-state index contributed by atoms with van der Waals surface area (Å²) in [7, 11) is 0. The molecule has 0 N–H and O–H groups in total. The van der Waals surface area contributed by atoms with E-state index in [1.165, 1.54) is 18.2 Å². The van der Waals surface area contributed by atoms with E-state index in [1.807, 2.05) is 6.07 Å². The number of nitrogens with zero attached hydrogens (tertiary/aromatic N) is 1. The summed E-state index contributed by atoms with van der Waals surface area (Å²) in [6, 6.07) is 6.09. The molecule has 0 aliphatic rings. The molecule has 0 amide bonds. The van der Waals surface area contributed by atoms with Crippen LogP contribution in [0.25, 0.3) is 0 Å². The maximum Gasteiger partial charge on any atom is 0.137 e. The lowest BCUT2D eigenvalue weighted by Crippen LogP contribution is -1.81. The molecular weight excluding hydrogens is 149 g/mol. The van der Waals surface area contributed by atoms with Crippen molar-refractivity contribution in [3.8, 4) is 6.07 Å². The van der Waals surface area contributed by atoms with Gasteiger partial charge in [-0.1, -0.05) is 6.07 Å². The van der Waals surface area contributed by atoms with Crippen molar-refractivity contribution in [2.45, 2.75) is 4.90 Å². The zero-order valence-electron chi connectivity index (χ0n) is 5.00. The summed E-state index contributed by atoms with van der Waals surface area (Å²) in [6.45, 7) is 0. The summed E-state index contributed by atoms with van der Waals surface area (Å²) in [4.78, 5) is 0.116. The van der Waals surface area contributed by atoms with Crippen molar-refractivity contribution in [3.05, 3.63) is 29.6 Å². The second-order valence-corrected chi connectivity index (χ2v) is 2.20. The number of hydrogen-bond acceptors (Lipinski definition) is 2. The van der Waals surface area contributed by atoms with Crippen molar-refractivity contribution in [1.29, 1.82) is 5.26 Å². The highest BCUT2D eigenvalue weighted by molar-refractivity contribution is 7.80. The first-order valence-corrected chi connectivity index (χ1v) is 3.08. The smallest absolute Gasteiger partial charge is 0.137 e. The Morgan fingerprint density at radius 2 is 2.20 bits per heavy atom. The van der Waals surface area contributed by atoms with Crippen LogP contribution in [-0.2, 0) is 0 Å². The van der Waals surface area contributed by atoms with E-state index < -0.39 is 5.82 Å². The number of hydrogen-bond donors (Lipinski definition) is 1. The fourth-order valence-electron chi connectivity index (χ4n) is 0.606. The normalized spacial score (nSPS) is 8.90. The number of rotatable bonds is 0. The van der Waals surface area contributed by atoms with Gasteiger partial charge in [-0.05, 0) is 12.1 Å².